The molecule has 23 heavy (non-hydrogen) atoms. The zero-order valence-corrected chi connectivity index (χ0v) is 14.3. The van der Waals surface area contributed by atoms with Crippen LogP contribution in [0, 0.1) is 12.8 Å². The number of carbonyl (C=O) groups is 1. The number of benzene rings is 1. The van der Waals surface area contributed by atoms with Crippen LogP contribution >= 0.6 is 0 Å². The third-order valence-corrected chi connectivity index (χ3v) is 4.46. The fraction of sp³-hybridized carbons (Fsp3) is 0.611. The second-order valence-electron chi connectivity index (χ2n) is 6.42. The van der Waals surface area contributed by atoms with Crippen molar-refractivity contribution in [3.8, 4) is 0 Å². The van der Waals surface area contributed by atoms with Crippen molar-refractivity contribution in [2.45, 2.75) is 26.7 Å². The van der Waals surface area contributed by atoms with Crippen LogP contribution in [0.2, 0.25) is 0 Å². The van der Waals surface area contributed by atoms with Crippen molar-refractivity contribution in [1.29, 1.82) is 0 Å². The third-order valence-electron chi connectivity index (χ3n) is 4.46. The normalized spacial score (nSPS) is 16.8. The van der Waals surface area contributed by atoms with Crippen LogP contribution in [0.5, 0.6) is 0 Å². The Balaban J connectivity index is 1.84. The minimum absolute atomic E-state index is 0.0155. The molecule has 1 saturated heterocycles. The maximum Gasteiger partial charge on any atom is 0.317 e. The van der Waals surface area contributed by atoms with Gasteiger partial charge in [0.25, 0.3) is 0 Å². The minimum Gasteiger partial charge on any atom is -0.396 e. The van der Waals surface area contributed by atoms with Gasteiger partial charge >= 0.3 is 6.03 Å². The summed E-state index contributed by atoms with van der Waals surface area (Å²) in [5.74, 6) is 0.232. The Kier molecular flexibility index (Phi) is 6.71. The van der Waals surface area contributed by atoms with Gasteiger partial charge in [0.2, 0.25) is 0 Å². The molecule has 0 radical (unpaired) electrons. The van der Waals surface area contributed by atoms with E-state index in [0.29, 0.717) is 6.54 Å². The summed E-state index contributed by atoms with van der Waals surface area (Å²) in [5, 5.41) is 12.0. The molecule has 0 saturated carbocycles. The lowest BCUT2D eigenvalue weighted by atomic mass is 10.1. The predicted octanol–water partition coefficient (Wildman–Crippen LogP) is 2.24. The van der Waals surface area contributed by atoms with Crippen LogP contribution in [-0.2, 0) is 0 Å². The van der Waals surface area contributed by atoms with Gasteiger partial charge in [-0.25, -0.2) is 4.79 Å². The first-order valence-electron chi connectivity index (χ1n) is 8.56. The largest absolute Gasteiger partial charge is 0.396 e. The molecule has 1 atom stereocenters. The van der Waals surface area contributed by atoms with Gasteiger partial charge in [0.15, 0.2) is 0 Å². The number of hydrogen-bond donors (Lipinski definition) is 2. The molecule has 2 amide bonds. The summed E-state index contributed by atoms with van der Waals surface area (Å²) in [6.07, 6.45) is 1.79. The highest BCUT2D eigenvalue weighted by Gasteiger charge is 2.19. The maximum absolute atomic E-state index is 12.3. The number of para-hydroxylation sites is 1. The second kappa shape index (κ2) is 8.77. The fourth-order valence-electron chi connectivity index (χ4n) is 2.91. The summed E-state index contributed by atoms with van der Waals surface area (Å²) >= 11 is 0. The molecule has 1 aliphatic rings. The van der Waals surface area contributed by atoms with Crippen molar-refractivity contribution in [2.75, 3.05) is 44.2 Å². The van der Waals surface area contributed by atoms with E-state index in [-0.39, 0.29) is 18.6 Å². The zero-order valence-electron chi connectivity index (χ0n) is 14.3. The average Bonchev–Trinajstić information content (AvgIpc) is 2.81. The van der Waals surface area contributed by atoms with Crippen LogP contribution in [0.4, 0.5) is 10.5 Å². The average molecular weight is 319 g/mol. The van der Waals surface area contributed by atoms with E-state index in [2.05, 4.69) is 41.4 Å². The number of rotatable bonds is 5. The Hall–Kier alpha value is -1.75. The lowest BCUT2D eigenvalue weighted by Crippen LogP contribution is -2.42. The Morgan fingerprint density at radius 3 is 2.78 bits per heavy atom. The van der Waals surface area contributed by atoms with E-state index in [1.165, 1.54) is 11.3 Å². The van der Waals surface area contributed by atoms with Crippen molar-refractivity contribution in [2.24, 2.45) is 5.92 Å². The number of aliphatic hydroxyl groups is 1. The molecule has 0 unspecified atom stereocenters. The Morgan fingerprint density at radius 2 is 2.04 bits per heavy atom. The van der Waals surface area contributed by atoms with Gasteiger partial charge in [-0.15, -0.1) is 0 Å². The molecule has 1 aromatic rings. The van der Waals surface area contributed by atoms with Crippen LogP contribution in [-0.4, -0.2) is 55.4 Å². The first-order chi connectivity index (χ1) is 11.1. The summed E-state index contributed by atoms with van der Waals surface area (Å²) in [6.45, 7) is 8.30. The van der Waals surface area contributed by atoms with Crippen molar-refractivity contribution < 1.29 is 9.90 Å². The van der Waals surface area contributed by atoms with Crippen molar-refractivity contribution >= 4 is 11.7 Å². The molecule has 0 bridgehead atoms. The SMILES string of the molecule is Cc1ccccc1N1CCCN(C(=O)NCC[C@H](C)CO)CC1. The van der Waals surface area contributed by atoms with Crippen LogP contribution in [0.3, 0.4) is 0 Å². The van der Waals surface area contributed by atoms with Gasteiger partial charge in [-0.05, 0) is 37.3 Å². The van der Waals surface area contributed by atoms with Gasteiger partial charge in [-0.3, -0.25) is 0 Å². The summed E-state index contributed by atoms with van der Waals surface area (Å²) in [4.78, 5) is 16.5. The first kappa shape index (κ1) is 17.6. The summed E-state index contributed by atoms with van der Waals surface area (Å²) in [7, 11) is 0. The molecule has 2 rings (SSSR count). The number of nitrogens with zero attached hydrogens (tertiary/aromatic N) is 2. The molecule has 5 heteroatoms. The number of nitrogens with one attached hydrogen (secondary N) is 1. The monoisotopic (exact) mass is 319 g/mol. The Labute approximate surface area is 139 Å². The van der Waals surface area contributed by atoms with Gasteiger partial charge in [-0.2, -0.15) is 0 Å². The Morgan fingerprint density at radius 1 is 1.26 bits per heavy atom. The number of carbonyl (C=O) groups excluding carboxylic acids is 1. The topological polar surface area (TPSA) is 55.8 Å². The summed E-state index contributed by atoms with van der Waals surface area (Å²) < 4.78 is 0. The van der Waals surface area contributed by atoms with Gasteiger partial charge in [0.1, 0.15) is 0 Å². The quantitative estimate of drug-likeness (QED) is 0.875. The molecule has 128 valence electrons. The number of urea groups is 1. The highest BCUT2D eigenvalue weighted by atomic mass is 16.3. The molecule has 1 heterocycles. The molecule has 1 aliphatic heterocycles. The van der Waals surface area contributed by atoms with Crippen molar-refractivity contribution in [3.05, 3.63) is 29.8 Å². The van der Waals surface area contributed by atoms with Gasteiger partial charge in [-0.1, -0.05) is 25.1 Å². The highest BCUT2D eigenvalue weighted by molar-refractivity contribution is 5.74. The molecule has 5 nitrogen and oxygen atoms in total. The third kappa shape index (κ3) is 5.13. The van der Waals surface area contributed by atoms with Crippen molar-refractivity contribution in [1.82, 2.24) is 10.2 Å². The van der Waals surface area contributed by atoms with E-state index in [0.717, 1.165) is 39.0 Å². The van der Waals surface area contributed by atoms with Crippen LogP contribution < -0.4 is 10.2 Å². The lowest BCUT2D eigenvalue weighted by Gasteiger charge is -2.25. The smallest absolute Gasteiger partial charge is 0.317 e. The van der Waals surface area contributed by atoms with E-state index in [1.54, 1.807) is 0 Å². The number of amides is 2. The van der Waals surface area contributed by atoms with Gasteiger partial charge in [0, 0.05) is 45.0 Å². The number of hydrogen-bond acceptors (Lipinski definition) is 3. The fourth-order valence-corrected chi connectivity index (χ4v) is 2.91. The second-order valence-corrected chi connectivity index (χ2v) is 6.42. The Bertz CT molecular complexity index is 507. The molecule has 1 aromatic carbocycles. The van der Waals surface area contributed by atoms with Crippen LogP contribution in [0.25, 0.3) is 0 Å². The van der Waals surface area contributed by atoms with Crippen LogP contribution in [0.15, 0.2) is 24.3 Å². The molecular weight excluding hydrogens is 290 g/mol. The van der Waals surface area contributed by atoms with E-state index >= 15 is 0 Å². The summed E-state index contributed by atoms with van der Waals surface area (Å²) in [5.41, 5.74) is 2.55. The minimum atomic E-state index is 0.0155. The molecule has 0 spiro atoms. The van der Waals surface area contributed by atoms with E-state index in [1.807, 2.05) is 11.8 Å². The molecule has 0 aromatic heterocycles. The molecule has 2 N–H and O–H groups in total. The van der Waals surface area contributed by atoms with E-state index < -0.39 is 0 Å². The highest BCUT2D eigenvalue weighted by Crippen LogP contribution is 2.20. The van der Waals surface area contributed by atoms with Crippen LogP contribution in [0.1, 0.15) is 25.3 Å². The van der Waals surface area contributed by atoms with Gasteiger partial charge in [0.05, 0.1) is 0 Å². The van der Waals surface area contributed by atoms with E-state index in [4.69, 9.17) is 5.11 Å². The zero-order chi connectivity index (χ0) is 16.7. The molecule has 1 fully saturated rings. The molecular formula is C18H29N3O2. The van der Waals surface area contributed by atoms with Crippen molar-refractivity contribution in [3.63, 3.8) is 0 Å². The van der Waals surface area contributed by atoms with E-state index in [9.17, 15) is 4.79 Å². The maximum atomic E-state index is 12.3. The first-order valence-corrected chi connectivity index (χ1v) is 8.56. The van der Waals surface area contributed by atoms with Gasteiger partial charge < -0.3 is 20.2 Å². The lowest BCUT2D eigenvalue weighted by molar-refractivity contribution is 0.197. The number of aryl methyl sites for hydroxylation is 1. The summed E-state index contributed by atoms with van der Waals surface area (Å²) in [6, 6.07) is 8.43. The molecule has 0 aliphatic carbocycles. The standard InChI is InChI=1S/C18H29N3O2/c1-15(14-22)8-9-19-18(23)21-11-5-10-20(12-13-21)17-7-4-3-6-16(17)2/h3-4,6-7,15,22H,5,8-14H2,1-2H3,(H,19,23)/t15-/m0/s1. The number of aliphatic hydroxyl groups excluding tert-OH is 1. The predicted molar refractivity (Wildman–Crippen MR) is 93.8 cm³/mol. The number of anilines is 1.